The normalized spacial score (nSPS) is 12.1. The van der Waals surface area contributed by atoms with Gasteiger partial charge >= 0.3 is 6.18 Å². The molecule has 176 valence electrons. The van der Waals surface area contributed by atoms with Crippen molar-refractivity contribution in [2.75, 3.05) is 10.5 Å². The molecule has 1 aromatic heterocycles. The van der Waals surface area contributed by atoms with Gasteiger partial charge < -0.3 is 4.57 Å². The SMILES string of the molecule is CCS(=O)(=O)Nc1ccc(Cc2cc(C)c(C(=O)c3ccc(C(F)(F)F)cc3)n2C)c(F)c1. The molecule has 0 bridgehead atoms. The van der Waals surface area contributed by atoms with Crippen LogP contribution in [0.4, 0.5) is 23.2 Å². The monoisotopic (exact) mass is 482 g/mol. The number of nitrogens with zero attached hydrogens (tertiary/aromatic N) is 1. The lowest BCUT2D eigenvalue weighted by atomic mass is 10.0. The Morgan fingerprint density at radius 1 is 1.06 bits per heavy atom. The van der Waals surface area contributed by atoms with Gasteiger partial charge in [-0.1, -0.05) is 18.2 Å². The molecule has 0 radical (unpaired) electrons. The quantitative estimate of drug-likeness (QED) is 0.378. The Hall–Kier alpha value is -3.14. The van der Waals surface area contributed by atoms with Crippen molar-refractivity contribution >= 4 is 21.5 Å². The summed E-state index contributed by atoms with van der Waals surface area (Å²) in [6.07, 6.45) is -4.37. The van der Waals surface area contributed by atoms with Gasteiger partial charge in [0.2, 0.25) is 15.8 Å². The van der Waals surface area contributed by atoms with Gasteiger partial charge in [-0.2, -0.15) is 13.2 Å². The number of hydrogen-bond donors (Lipinski definition) is 1. The third-order valence-corrected chi connectivity index (χ3v) is 6.60. The van der Waals surface area contributed by atoms with E-state index < -0.39 is 33.4 Å². The van der Waals surface area contributed by atoms with Crippen molar-refractivity contribution in [3.8, 4) is 0 Å². The maximum absolute atomic E-state index is 14.6. The Bertz CT molecular complexity index is 1290. The van der Waals surface area contributed by atoms with Crippen molar-refractivity contribution in [3.05, 3.63) is 88.0 Å². The fourth-order valence-corrected chi connectivity index (χ4v) is 4.10. The number of rotatable bonds is 7. The molecule has 1 N–H and O–H groups in total. The minimum absolute atomic E-state index is 0.109. The molecule has 0 atom stereocenters. The highest BCUT2D eigenvalue weighted by atomic mass is 32.2. The summed E-state index contributed by atoms with van der Waals surface area (Å²) in [6.45, 7) is 3.16. The first kappa shape index (κ1) is 24.5. The summed E-state index contributed by atoms with van der Waals surface area (Å²) in [7, 11) is -1.91. The molecule has 0 saturated carbocycles. The molecule has 10 heteroatoms. The number of aryl methyl sites for hydroxylation is 1. The molecule has 0 aliphatic rings. The Labute approximate surface area is 189 Å². The van der Waals surface area contributed by atoms with E-state index in [0.717, 1.165) is 30.3 Å². The molecule has 0 unspecified atom stereocenters. The molecule has 3 aromatic rings. The van der Waals surface area contributed by atoms with Crippen LogP contribution in [-0.2, 0) is 29.7 Å². The molecule has 3 rings (SSSR count). The topological polar surface area (TPSA) is 68.2 Å². The molecule has 0 amide bonds. The number of hydrogen-bond acceptors (Lipinski definition) is 3. The second-order valence-corrected chi connectivity index (χ2v) is 9.63. The second-order valence-electron chi connectivity index (χ2n) is 7.62. The van der Waals surface area contributed by atoms with Crippen molar-refractivity contribution in [3.63, 3.8) is 0 Å². The van der Waals surface area contributed by atoms with E-state index in [1.165, 1.54) is 19.1 Å². The Balaban J connectivity index is 1.86. The van der Waals surface area contributed by atoms with Crippen molar-refractivity contribution in [1.82, 2.24) is 4.57 Å². The zero-order valence-electron chi connectivity index (χ0n) is 18.1. The largest absolute Gasteiger partial charge is 0.416 e. The summed E-state index contributed by atoms with van der Waals surface area (Å²) in [5, 5.41) is 0. The van der Waals surface area contributed by atoms with Gasteiger partial charge in [0.25, 0.3) is 0 Å². The van der Waals surface area contributed by atoms with Crippen molar-refractivity contribution < 1.29 is 30.8 Å². The average molecular weight is 482 g/mol. The van der Waals surface area contributed by atoms with Gasteiger partial charge in [0.1, 0.15) is 5.82 Å². The van der Waals surface area contributed by atoms with E-state index in [-0.39, 0.29) is 29.1 Å². The van der Waals surface area contributed by atoms with Crippen molar-refractivity contribution in [2.24, 2.45) is 7.05 Å². The zero-order chi connectivity index (χ0) is 24.6. The van der Waals surface area contributed by atoms with E-state index in [1.54, 1.807) is 24.6 Å². The molecule has 0 saturated heterocycles. The number of sulfonamides is 1. The number of carbonyl (C=O) groups is 1. The summed E-state index contributed by atoms with van der Waals surface area (Å²) >= 11 is 0. The summed E-state index contributed by atoms with van der Waals surface area (Å²) in [5.74, 6) is -1.20. The first-order valence-electron chi connectivity index (χ1n) is 9.98. The molecule has 1 heterocycles. The highest BCUT2D eigenvalue weighted by Gasteiger charge is 2.30. The van der Waals surface area contributed by atoms with Crippen LogP contribution in [0.5, 0.6) is 0 Å². The molecule has 0 spiro atoms. The predicted octanol–water partition coefficient (Wildman–Crippen LogP) is 5.07. The summed E-state index contributed by atoms with van der Waals surface area (Å²) in [6, 6.07) is 9.70. The number of alkyl halides is 3. The number of benzene rings is 2. The average Bonchev–Trinajstić information content (AvgIpc) is 3.01. The second kappa shape index (κ2) is 9.01. The van der Waals surface area contributed by atoms with E-state index in [9.17, 15) is 30.8 Å². The highest BCUT2D eigenvalue weighted by Crippen LogP contribution is 2.30. The summed E-state index contributed by atoms with van der Waals surface area (Å²) in [5.41, 5.74) is 1.18. The standard InChI is InChI=1S/C23H22F4N2O3S/c1-4-33(31,32)28-18-10-7-16(20(24)13-18)12-19-11-14(2)21(29(19)3)22(30)15-5-8-17(9-6-15)23(25,26)27/h5-11,13,28H,4,12H2,1-3H3. The van der Waals surface area contributed by atoms with Gasteiger partial charge in [0.15, 0.2) is 0 Å². The van der Waals surface area contributed by atoms with Crippen LogP contribution in [-0.4, -0.2) is 24.5 Å². The third kappa shape index (κ3) is 5.44. The van der Waals surface area contributed by atoms with Crippen LogP contribution in [0.3, 0.4) is 0 Å². The first-order valence-corrected chi connectivity index (χ1v) is 11.6. The lowest BCUT2D eigenvalue weighted by Crippen LogP contribution is -2.15. The minimum Gasteiger partial charge on any atom is -0.344 e. The van der Waals surface area contributed by atoms with E-state index in [1.807, 2.05) is 0 Å². The number of ketones is 1. The summed E-state index contributed by atoms with van der Waals surface area (Å²) < 4.78 is 80.2. The molecule has 0 fully saturated rings. The third-order valence-electron chi connectivity index (χ3n) is 5.29. The number of carbonyl (C=O) groups excluding carboxylic acids is 1. The molecule has 0 aliphatic heterocycles. The van der Waals surface area contributed by atoms with Gasteiger partial charge in [-0.25, -0.2) is 12.8 Å². The van der Waals surface area contributed by atoms with Crippen LogP contribution < -0.4 is 4.72 Å². The van der Waals surface area contributed by atoms with Crippen LogP contribution in [0.15, 0.2) is 48.5 Å². The molecule has 33 heavy (non-hydrogen) atoms. The molecular weight excluding hydrogens is 460 g/mol. The summed E-state index contributed by atoms with van der Waals surface area (Å²) in [4.78, 5) is 12.9. The first-order chi connectivity index (χ1) is 15.3. The van der Waals surface area contributed by atoms with Crippen LogP contribution in [0.25, 0.3) is 0 Å². The fraction of sp³-hybridized carbons (Fsp3) is 0.261. The Kier molecular flexibility index (Phi) is 6.69. The maximum Gasteiger partial charge on any atom is 0.416 e. The number of anilines is 1. The van der Waals surface area contributed by atoms with Gasteiger partial charge in [-0.3, -0.25) is 9.52 Å². The maximum atomic E-state index is 14.6. The van der Waals surface area contributed by atoms with Crippen LogP contribution in [0.1, 0.15) is 45.4 Å². The van der Waals surface area contributed by atoms with Gasteiger partial charge in [-0.15, -0.1) is 0 Å². The van der Waals surface area contributed by atoms with E-state index >= 15 is 0 Å². The Morgan fingerprint density at radius 2 is 1.70 bits per heavy atom. The van der Waals surface area contributed by atoms with Gasteiger partial charge in [-0.05, 0) is 55.3 Å². The smallest absolute Gasteiger partial charge is 0.344 e. The van der Waals surface area contributed by atoms with Gasteiger partial charge in [0.05, 0.1) is 22.7 Å². The zero-order valence-corrected chi connectivity index (χ0v) is 18.9. The lowest BCUT2D eigenvalue weighted by molar-refractivity contribution is -0.137. The molecule has 2 aromatic carbocycles. The number of aromatic nitrogens is 1. The van der Waals surface area contributed by atoms with Crippen LogP contribution >= 0.6 is 0 Å². The van der Waals surface area contributed by atoms with Crippen LogP contribution in [0.2, 0.25) is 0 Å². The van der Waals surface area contributed by atoms with Crippen molar-refractivity contribution in [2.45, 2.75) is 26.4 Å². The van der Waals surface area contributed by atoms with E-state index in [0.29, 0.717) is 16.8 Å². The molecule has 5 nitrogen and oxygen atoms in total. The van der Waals surface area contributed by atoms with Crippen molar-refractivity contribution in [1.29, 1.82) is 0 Å². The number of nitrogens with one attached hydrogen (secondary N) is 1. The molecular formula is C23H22F4N2O3S. The lowest BCUT2D eigenvalue weighted by Gasteiger charge is -2.11. The van der Waals surface area contributed by atoms with E-state index in [4.69, 9.17) is 0 Å². The minimum atomic E-state index is -4.49. The predicted molar refractivity (Wildman–Crippen MR) is 117 cm³/mol. The highest BCUT2D eigenvalue weighted by molar-refractivity contribution is 7.92. The van der Waals surface area contributed by atoms with Crippen LogP contribution in [0, 0.1) is 12.7 Å². The Morgan fingerprint density at radius 3 is 2.24 bits per heavy atom. The number of halogens is 4. The van der Waals surface area contributed by atoms with E-state index in [2.05, 4.69) is 4.72 Å². The fourth-order valence-electron chi connectivity index (χ4n) is 3.47. The molecule has 0 aliphatic carbocycles. The van der Waals surface area contributed by atoms with Gasteiger partial charge in [0, 0.05) is 24.7 Å².